The fraction of sp³-hybridized carbons (Fsp3) is 0.231. The van der Waals surface area contributed by atoms with Crippen molar-refractivity contribution in [3.63, 3.8) is 0 Å². The molecule has 2 aromatic heterocycles. The van der Waals surface area contributed by atoms with E-state index in [2.05, 4.69) is 27.1 Å². The number of H-pyrrole nitrogens is 1. The summed E-state index contributed by atoms with van der Waals surface area (Å²) in [7, 11) is 0. The molecule has 19 heavy (non-hydrogen) atoms. The highest BCUT2D eigenvalue weighted by Gasteiger charge is 2.31. The molecule has 0 aliphatic carbocycles. The molecular formula is C13H10F3N3. The number of aryl methyl sites for hydroxylation is 1. The Morgan fingerprint density at radius 3 is 2.74 bits per heavy atom. The Morgan fingerprint density at radius 1 is 1.37 bits per heavy atom. The van der Waals surface area contributed by atoms with Crippen LogP contribution >= 0.6 is 0 Å². The maximum Gasteiger partial charge on any atom is 0.433 e. The predicted molar refractivity (Wildman–Crippen MR) is 61.7 cm³/mol. The normalized spacial score (nSPS) is 12.3. The van der Waals surface area contributed by atoms with Crippen LogP contribution in [0.25, 0.3) is 0 Å². The molecule has 0 unspecified atom stereocenters. The van der Waals surface area contributed by atoms with Crippen molar-refractivity contribution in [1.82, 2.24) is 9.97 Å². The van der Waals surface area contributed by atoms with E-state index in [0.29, 0.717) is 11.1 Å². The Labute approximate surface area is 107 Å². The Kier molecular flexibility index (Phi) is 3.56. The van der Waals surface area contributed by atoms with Crippen LogP contribution in [0.2, 0.25) is 0 Å². The summed E-state index contributed by atoms with van der Waals surface area (Å²) < 4.78 is 36.9. The molecule has 0 spiro atoms. The van der Waals surface area contributed by atoms with Crippen LogP contribution in [0.3, 0.4) is 0 Å². The van der Waals surface area contributed by atoms with Crippen LogP contribution in [0.1, 0.15) is 17.0 Å². The minimum absolute atomic E-state index is 0.232. The van der Waals surface area contributed by atoms with Crippen molar-refractivity contribution in [3.05, 3.63) is 59.0 Å². The van der Waals surface area contributed by atoms with Crippen LogP contribution in [0, 0.1) is 19.1 Å². The van der Waals surface area contributed by atoms with Crippen molar-refractivity contribution >= 4 is 0 Å². The summed E-state index contributed by atoms with van der Waals surface area (Å²) in [5, 5.41) is 0. The van der Waals surface area contributed by atoms with E-state index in [1.807, 2.05) is 6.92 Å². The lowest BCUT2D eigenvalue weighted by Crippen LogP contribution is -2.08. The van der Waals surface area contributed by atoms with Crippen molar-refractivity contribution in [2.24, 2.45) is 4.99 Å². The van der Waals surface area contributed by atoms with E-state index in [9.17, 15) is 13.2 Å². The molecule has 0 amide bonds. The first-order chi connectivity index (χ1) is 8.95. The van der Waals surface area contributed by atoms with E-state index in [0.717, 1.165) is 11.8 Å². The van der Waals surface area contributed by atoms with Gasteiger partial charge < -0.3 is 4.98 Å². The van der Waals surface area contributed by atoms with Gasteiger partial charge in [-0.2, -0.15) is 13.2 Å². The van der Waals surface area contributed by atoms with Gasteiger partial charge >= 0.3 is 6.18 Å². The van der Waals surface area contributed by atoms with Crippen LogP contribution in [0.4, 0.5) is 13.2 Å². The lowest BCUT2D eigenvalue weighted by Gasteiger charge is -2.05. The lowest BCUT2D eigenvalue weighted by molar-refractivity contribution is -0.141. The molecule has 0 aliphatic heterocycles. The van der Waals surface area contributed by atoms with Crippen molar-refractivity contribution in [1.29, 1.82) is 0 Å². The number of nitrogens with zero attached hydrogens (tertiary/aromatic N) is 2. The minimum atomic E-state index is -4.41. The molecule has 0 aliphatic rings. The van der Waals surface area contributed by atoms with Crippen LogP contribution in [0.5, 0.6) is 0 Å². The quantitative estimate of drug-likeness (QED) is 0.890. The summed E-state index contributed by atoms with van der Waals surface area (Å²) in [5.41, 5.74) is 1.07. The highest BCUT2D eigenvalue weighted by atomic mass is 19.4. The number of hydrogen-bond acceptors (Lipinski definition) is 2. The number of halogens is 3. The van der Waals surface area contributed by atoms with E-state index in [-0.39, 0.29) is 6.54 Å². The summed E-state index contributed by atoms with van der Waals surface area (Å²) in [5.74, 6) is 0. The van der Waals surface area contributed by atoms with E-state index < -0.39 is 11.9 Å². The van der Waals surface area contributed by atoms with Crippen LogP contribution in [0.15, 0.2) is 29.4 Å². The number of alkyl halides is 3. The molecule has 0 fully saturated rings. The molecule has 2 heterocycles. The topological polar surface area (TPSA) is 41.0 Å². The molecule has 6 heteroatoms. The molecular weight excluding hydrogens is 255 g/mol. The third-order valence-corrected chi connectivity index (χ3v) is 2.33. The zero-order chi connectivity index (χ0) is 13.9. The van der Waals surface area contributed by atoms with Crippen LogP contribution in [-0.4, -0.2) is 9.97 Å². The zero-order valence-electron chi connectivity index (χ0n) is 10.0. The van der Waals surface area contributed by atoms with Gasteiger partial charge in [0.15, 0.2) is 5.49 Å². The largest absolute Gasteiger partial charge is 0.433 e. The summed E-state index contributed by atoms with van der Waals surface area (Å²) in [6.07, 6.45) is -3.24. The van der Waals surface area contributed by atoms with E-state index in [1.54, 1.807) is 6.07 Å². The number of rotatable bonds is 2. The first kappa shape index (κ1) is 13.1. The van der Waals surface area contributed by atoms with Gasteiger partial charge in [0.25, 0.3) is 0 Å². The first-order valence-electron chi connectivity index (χ1n) is 5.47. The Morgan fingerprint density at radius 2 is 2.16 bits per heavy atom. The van der Waals surface area contributed by atoms with E-state index in [1.165, 1.54) is 12.3 Å². The molecule has 0 saturated carbocycles. The van der Waals surface area contributed by atoms with Crippen molar-refractivity contribution in [2.75, 3.05) is 0 Å². The summed E-state index contributed by atoms with van der Waals surface area (Å²) in [4.78, 5) is 10.5. The Balaban J connectivity index is 2.15. The monoisotopic (exact) mass is 265 g/mol. The predicted octanol–water partition coefficient (Wildman–Crippen LogP) is 2.44. The van der Waals surface area contributed by atoms with Crippen molar-refractivity contribution in [2.45, 2.75) is 19.6 Å². The second-order valence-corrected chi connectivity index (χ2v) is 3.94. The van der Waals surface area contributed by atoms with Crippen molar-refractivity contribution in [3.8, 4) is 0 Å². The van der Waals surface area contributed by atoms with Gasteiger partial charge in [-0.25, -0.2) is 0 Å². The standard InChI is InChI=1S/C13H10F3N3/c1-9-3-2-4-12(19-9)18-8-10-5-6-11(17-7-10)13(14,15)16/h3,5-7H,8H2,1H3,(H,18,19). The Hall–Kier alpha value is -2.29. The molecule has 0 saturated heterocycles. The highest BCUT2D eigenvalue weighted by Crippen LogP contribution is 2.27. The smallest absolute Gasteiger partial charge is 0.337 e. The number of aromatic amines is 1. The number of pyridine rings is 1. The van der Waals surface area contributed by atoms with Gasteiger partial charge in [0.2, 0.25) is 0 Å². The molecule has 98 valence electrons. The fourth-order valence-corrected chi connectivity index (χ4v) is 1.40. The molecule has 0 aromatic carbocycles. The summed E-state index contributed by atoms with van der Waals surface area (Å²) in [6, 6.07) is 9.57. The minimum Gasteiger partial charge on any atom is -0.337 e. The average molecular weight is 265 g/mol. The lowest BCUT2D eigenvalue weighted by atomic mass is 10.2. The average Bonchev–Trinajstić information content (AvgIpc) is 2.36. The Bertz CT molecular complexity index is 612. The summed E-state index contributed by atoms with van der Waals surface area (Å²) >= 11 is 0. The second kappa shape index (κ2) is 5.14. The van der Waals surface area contributed by atoms with Gasteiger partial charge in [-0.1, -0.05) is 12.1 Å². The SMILES string of the molecule is Cc1cc#cc(=NCc2ccc(C(F)(F)F)nc2)[nH]1. The first-order valence-corrected chi connectivity index (χ1v) is 5.47. The molecule has 0 radical (unpaired) electrons. The van der Waals surface area contributed by atoms with E-state index >= 15 is 0 Å². The second-order valence-electron chi connectivity index (χ2n) is 3.94. The third kappa shape index (κ3) is 3.58. The van der Waals surface area contributed by atoms with E-state index in [4.69, 9.17) is 0 Å². The maximum atomic E-state index is 12.3. The number of hydrogen-bond donors (Lipinski definition) is 1. The van der Waals surface area contributed by atoms with Crippen LogP contribution < -0.4 is 5.49 Å². The van der Waals surface area contributed by atoms with Gasteiger partial charge in [-0.3, -0.25) is 9.98 Å². The van der Waals surface area contributed by atoms with Gasteiger partial charge in [-0.15, -0.1) is 0 Å². The molecule has 3 nitrogen and oxygen atoms in total. The highest BCUT2D eigenvalue weighted by molar-refractivity contribution is 5.15. The van der Waals surface area contributed by atoms with Crippen LogP contribution in [-0.2, 0) is 12.7 Å². The molecule has 2 rings (SSSR count). The van der Waals surface area contributed by atoms with Crippen molar-refractivity contribution < 1.29 is 13.2 Å². The zero-order valence-corrected chi connectivity index (χ0v) is 10.0. The number of nitrogens with one attached hydrogen (secondary N) is 1. The van der Waals surface area contributed by atoms with Gasteiger partial charge in [0.05, 0.1) is 6.54 Å². The van der Waals surface area contributed by atoms with Gasteiger partial charge in [0.1, 0.15) is 5.69 Å². The molecule has 0 bridgehead atoms. The van der Waals surface area contributed by atoms with Gasteiger partial charge in [-0.05, 0) is 24.6 Å². The third-order valence-electron chi connectivity index (χ3n) is 2.33. The number of aromatic nitrogens is 2. The molecule has 1 N–H and O–H groups in total. The fourth-order valence-electron chi connectivity index (χ4n) is 1.40. The summed E-state index contributed by atoms with van der Waals surface area (Å²) in [6.45, 7) is 2.08. The maximum absolute atomic E-state index is 12.3. The molecule has 0 atom stereocenters. The van der Waals surface area contributed by atoms with Gasteiger partial charge in [0, 0.05) is 18.0 Å². The molecule has 2 aromatic rings.